The maximum Gasteiger partial charge on any atom is 0.352 e. The number of pyridine rings is 1. The van der Waals surface area contributed by atoms with Crippen molar-refractivity contribution in [2.45, 2.75) is 11.4 Å². The number of nitrogens with zero attached hydrogens (tertiary/aromatic N) is 5. The highest BCUT2D eigenvalue weighted by Gasteiger charge is 2.54. The Morgan fingerprint density at radius 2 is 2.14 bits per heavy atom. The van der Waals surface area contributed by atoms with Crippen molar-refractivity contribution in [2.24, 2.45) is 5.16 Å². The summed E-state index contributed by atoms with van der Waals surface area (Å²) in [5, 5.41) is 23.8. The van der Waals surface area contributed by atoms with E-state index >= 15 is 0 Å². The Balaban J connectivity index is 1.52. The molecule has 4 heterocycles. The summed E-state index contributed by atoms with van der Waals surface area (Å²) in [5.41, 5.74) is 6.08. The first-order valence-corrected chi connectivity index (χ1v) is 11.9. The van der Waals surface area contributed by atoms with E-state index in [9.17, 15) is 24.3 Å². The third-order valence-electron chi connectivity index (χ3n) is 4.86. The number of hydrogen-bond acceptors (Lipinski definition) is 12. The zero-order chi connectivity index (χ0) is 25.8. The number of carboxylic acids is 2. The van der Waals surface area contributed by atoms with E-state index in [-0.39, 0.29) is 22.4 Å². The maximum absolute atomic E-state index is 12.9. The van der Waals surface area contributed by atoms with E-state index in [1.165, 1.54) is 11.8 Å². The van der Waals surface area contributed by atoms with Gasteiger partial charge < -0.3 is 26.1 Å². The predicted molar refractivity (Wildman–Crippen MR) is 127 cm³/mol. The number of anilines is 1. The van der Waals surface area contributed by atoms with E-state index in [0.717, 1.165) is 22.0 Å². The Hall–Kier alpha value is -4.31. The molecule has 0 aromatic carbocycles. The predicted octanol–water partition coefficient (Wildman–Crippen LogP) is -0.227. The number of hydrogen-bond donors (Lipinski definition) is 4. The van der Waals surface area contributed by atoms with Crippen LogP contribution in [0, 0.1) is 0 Å². The van der Waals surface area contributed by atoms with E-state index in [2.05, 4.69) is 29.7 Å². The second-order valence-corrected chi connectivity index (χ2v) is 9.11. The van der Waals surface area contributed by atoms with E-state index in [0.29, 0.717) is 5.57 Å². The van der Waals surface area contributed by atoms with Gasteiger partial charge in [0.15, 0.2) is 5.13 Å². The fourth-order valence-corrected chi connectivity index (χ4v) is 5.07. The number of β-lactam (4-membered cyclic amide) rings is 1. The average Bonchev–Trinajstić information content (AvgIpc) is 3.29. The number of rotatable bonds is 9. The van der Waals surface area contributed by atoms with Gasteiger partial charge in [-0.3, -0.25) is 19.5 Å². The zero-order valence-corrected chi connectivity index (χ0v) is 19.7. The number of allylic oxidation sites excluding steroid dienone is 1. The second-order valence-electron chi connectivity index (χ2n) is 7.22. The van der Waals surface area contributed by atoms with Crippen LogP contribution in [0.4, 0.5) is 5.13 Å². The van der Waals surface area contributed by atoms with Crippen LogP contribution in [0.3, 0.4) is 0 Å². The fraction of sp³-hybridized carbons (Fsp3) is 0.200. The van der Waals surface area contributed by atoms with Crippen molar-refractivity contribution in [3.63, 3.8) is 0 Å². The summed E-state index contributed by atoms with van der Waals surface area (Å²) in [6.07, 6.45) is 6.54. The molecule has 14 nitrogen and oxygen atoms in total. The maximum atomic E-state index is 12.9. The number of fused-ring (bicyclic) bond motifs is 1. The number of carbonyl (C=O) groups excluding carboxylic acids is 2. The summed E-state index contributed by atoms with van der Waals surface area (Å²) in [6, 6.07) is 2.47. The molecule has 0 spiro atoms. The first kappa shape index (κ1) is 24.8. The van der Waals surface area contributed by atoms with Gasteiger partial charge in [0.25, 0.3) is 11.8 Å². The largest absolute Gasteiger partial charge is 0.479 e. The van der Waals surface area contributed by atoms with Gasteiger partial charge in [-0.2, -0.15) is 9.36 Å². The molecule has 186 valence electrons. The van der Waals surface area contributed by atoms with Gasteiger partial charge in [-0.25, -0.2) is 9.59 Å². The smallest absolute Gasteiger partial charge is 0.352 e. The monoisotopic (exact) mass is 531 g/mol. The van der Waals surface area contributed by atoms with Crippen molar-refractivity contribution < 1.29 is 34.2 Å². The molecule has 2 aliphatic heterocycles. The number of oxime groups is 1. The van der Waals surface area contributed by atoms with Crippen LogP contribution in [-0.4, -0.2) is 82.7 Å². The molecule has 1 fully saturated rings. The minimum Gasteiger partial charge on any atom is -0.479 e. The first-order chi connectivity index (χ1) is 17.3. The van der Waals surface area contributed by atoms with E-state index < -0.39 is 47.5 Å². The van der Waals surface area contributed by atoms with Crippen molar-refractivity contribution in [1.82, 2.24) is 24.6 Å². The summed E-state index contributed by atoms with van der Waals surface area (Å²) in [4.78, 5) is 62.1. The Morgan fingerprint density at radius 1 is 1.33 bits per heavy atom. The summed E-state index contributed by atoms with van der Waals surface area (Å²) in [7, 11) is 0. The van der Waals surface area contributed by atoms with Gasteiger partial charge in [-0.1, -0.05) is 23.4 Å². The topological polar surface area (TPSA) is 210 Å². The zero-order valence-electron chi connectivity index (χ0n) is 18.1. The number of nitrogen functional groups attached to an aromatic ring is 1. The van der Waals surface area contributed by atoms with Crippen molar-refractivity contribution in [2.75, 3.05) is 18.1 Å². The molecule has 16 heteroatoms. The van der Waals surface area contributed by atoms with Crippen LogP contribution < -0.4 is 11.1 Å². The molecular weight excluding hydrogens is 514 g/mol. The van der Waals surface area contributed by atoms with Crippen molar-refractivity contribution in [1.29, 1.82) is 0 Å². The fourth-order valence-electron chi connectivity index (χ4n) is 3.32. The third-order valence-corrected chi connectivity index (χ3v) is 6.71. The number of aliphatic carboxylic acids is 2. The van der Waals surface area contributed by atoms with Crippen molar-refractivity contribution in [3.8, 4) is 0 Å². The van der Waals surface area contributed by atoms with Crippen molar-refractivity contribution >= 4 is 64.0 Å². The van der Waals surface area contributed by atoms with Crippen LogP contribution in [0.25, 0.3) is 6.08 Å². The number of carbonyl (C=O) groups is 4. The number of nitrogens with two attached hydrogens (primary N) is 1. The lowest BCUT2D eigenvalue weighted by Crippen LogP contribution is -2.71. The molecule has 0 radical (unpaired) electrons. The molecule has 2 aromatic heterocycles. The van der Waals surface area contributed by atoms with Crippen LogP contribution in [0.2, 0.25) is 0 Å². The first-order valence-electron chi connectivity index (χ1n) is 10.1. The quantitative estimate of drug-likeness (QED) is 0.188. The van der Waals surface area contributed by atoms with Gasteiger partial charge in [0, 0.05) is 29.7 Å². The van der Waals surface area contributed by atoms with Crippen LogP contribution in [-0.2, 0) is 24.0 Å². The standard InChI is InChI=1S/C20H17N7O7S2/c21-20-24-15(26-36-20)12(25-34-7-11(28)29)16(30)23-13-17(31)27-14(19(32)33)10(8-35-18(13)27)4-3-9-2-1-5-22-6-9/h1-6,13,18H,7-8H2,(H,23,30)(H,28,29)(H,32,33)(H2,21,24,26)/t13?,18-/m1/s1. The molecule has 0 bridgehead atoms. The van der Waals surface area contributed by atoms with Gasteiger partial charge >= 0.3 is 11.9 Å². The Morgan fingerprint density at radius 3 is 2.78 bits per heavy atom. The number of aromatic nitrogens is 3. The Kier molecular flexibility index (Phi) is 7.25. The Bertz CT molecular complexity index is 1310. The van der Waals surface area contributed by atoms with E-state index in [1.807, 2.05) is 0 Å². The highest BCUT2D eigenvalue weighted by atomic mass is 32.2. The minimum atomic E-state index is -1.32. The van der Waals surface area contributed by atoms with Gasteiger partial charge in [-0.05, 0) is 17.2 Å². The molecule has 36 heavy (non-hydrogen) atoms. The lowest BCUT2D eigenvalue weighted by atomic mass is 10.0. The molecule has 0 saturated carbocycles. The summed E-state index contributed by atoms with van der Waals surface area (Å²) in [5.74, 6) is -4.10. The second kappa shape index (κ2) is 10.5. The summed E-state index contributed by atoms with van der Waals surface area (Å²) in [6.45, 7) is -0.826. The number of amides is 2. The van der Waals surface area contributed by atoms with Crippen LogP contribution in [0.1, 0.15) is 11.4 Å². The molecule has 5 N–H and O–H groups in total. The SMILES string of the molecule is Nc1nc(C(=NOCC(=O)O)C(=O)NC2C(=O)N3C(C(=O)O)=C(C=Cc4cccnc4)CS[C@H]23)ns1. The lowest BCUT2D eigenvalue weighted by molar-refractivity contribution is -0.150. The molecule has 2 aliphatic rings. The molecule has 2 atom stereocenters. The number of carboxylic acid groups (broad SMARTS) is 2. The van der Waals surface area contributed by atoms with E-state index in [4.69, 9.17) is 10.8 Å². The normalized spacial score (nSPS) is 19.6. The molecule has 2 aromatic rings. The molecule has 1 saturated heterocycles. The molecule has 0 aliphatic carbocycles. The average molecular weight is 532 g/mol. The summed E-state index contributed by atoms with van der Waals surface area (Å²) >= 11 is 2.05. The highest BCUT2D eigenvalue weighted by Crippen LogP contribution is 2.40. The minimum absolute atomic E-state index is 0.0283. The van der Waals surface area contributed by atoms with Crippen molar-refractivity contribution in [3.05, 3.63) is 53.3 Å². The summed E-state index contributed by atoms with van der Waals surface area (Å²) < 4.78 is 3.87. The lowest BCUT2D eigenvalue weighted by Gasteiger charge is -2.49. The number of nitrogens with one attached hydrogen (secondary N) is 1. The molecular formula is C20H17N7O7S2. The van der Waals surface area contributed by atoms with Gasteiger partial charge in [0.2, 0.25) is 18.1 Å². The molecule has 2 amide bonds. The van der Waals surface area contributed by atoms with Gasteiger partial charge in [0.1, 0.15) is 17.1 Å². The van der Waals surface area contributed by atoms with E-state index in [1.54, 1.807) is 36.7 Å². The Labute approximate surface area is 210 Å². The molecule has 4 rings (SSSR count). The molecule has 1 unspecified atom stereocenters. The highest BCUT2D eigenvalue weighted by molar-refractivity contribution is 8.00. The van der Waals surface area contributed by atoms with Gasteiger partial charge in [-0.15, -0.1) is 11.8 Å². The van der Waals surface area contributed by atoms with Crippen LogP contribution >= 0.6 is 23.3 Å². The van der Waals surface area contributed by atoms with Crippen LogP contribution in [0.15, 0.2) is 47.0 Å². The third kappa shape index (κ3) is 5.18. The number of thioether (sulfide) groups is 1. The van der Waals surface area contributed by atoms with Crippen LogP contribution in [0.5, 0.6) is 0 Å². The van der Waals surface area contributed by atoms with Gasteiger partial charge in [0.05, 0.1) is 0 Å².